The Balaban J connectivity index is 1.16. The first-order chi connectivity index (χ1) is 24.7. The zero-order valence-electron chi connectivity index (χ0n) is 31.3. The van der Waals surface area contributed by atoms with E-state index in [9.17, 15) is 19.2 Å². The highest BCUT2D eigenvalue weighted by Crippen LogP contribution is 2.44. The van der Waals surface area contributed by atoms with Crippen molar-refractivity contribution in [3.63, 3.8) is 0 Å². The number of carbonyl (C=O) groups is 4. The maximum Gasteiger partial charge on any atom is 0.342 e. The summed E-state index contributed by atoms with van der Waals surface area (Å²) in [7, 11) is 0. The third kappa shape index (κ3) is 11.4. The van der Waals surface area contributed by atoms with Gasteiger partial charge in [-0.2, -0.15) is 0 Å². The molecule has 0 aliphatic heterocycles. The number of carbonyl (C=O) groups excluding carboxylic acids is 4. The first kappa shape index (κ1) is 39.1. The molecule has 1 aromatic rings. The van der Waals surface area contributed by atoms with Crippen LogP contribution in [0.1, 0.15) is 146 Å². The summed E-state index contributed by atoms with van der Waals surface area (Å²) < 4.78 is 22.3. The van der Waals surface area contributed by atoms with Gasteiger partial charge >= 0.3 is 23.9 Å². The lowest BCUT2D eigenvalue weighted by molar-refractivity contribution is -0.141. The molecule has 8 nitrogen and oxygen atoms in total. The maximum atomic E-state index is 13.4. The molecule has 1 aromatic carbocycles. The third-order valence-electron chi connectivity index (χ3n) is 12.8. The topological polar surface area (TPSA) is 105 Å². The summed E-state index contributed by atoms with van der Waals surface area (Å²) in [5.74, 6) is 2.77. The monoisotopic (exact) mass is 706 g/mol. The van der Waals surface area contributed by atoms with Gasteiger partial charge in [0.25, 0.3) is 0 Å². The van der Waals surface area contributed by atoms with Gasteiger partial charge in [-0.15, -0.1) is 6.58 Å². The zero-order chi connectivity index (χ0) is 36.2. The molecule has 0 N–H and O–H groups in total. The molecule has 4 aliphatic rings. The van der Waals surface area contributed by atoms with E-state index in [1.54, 1.807) is 12.1 Å². The average Bonchev–Trinajstić information content (AvgIpc) is 3.16. The number of rotatable bonds is 14. The van der Waals surface area contributed by atoms with E-state index >= 15 is 0 Å². The van der Waals surface area contributed by atoms with Gasteiger partial charge in [0.1, 0.15) is 17.1 Å². The van der Waals surface area contributed by atoms with Gasteiger partial charge in [-0.3, -0.25) is 14.4 Å². The summed E-state index contributed by atoms with van der Waals surface area (Å²) in [5.41, 5.74) is 0.0637. The van der Waals surface area contributed by atoms with Gasteiger partial charge in [0.05, 0.1) is 25.0 Å². The number of unbranched alkanes of at least 4 members (excludes halogenated alkanes) is 1. The van der Waals surface area contributed by atoms with E-state index in [-0.39, 0.29) is 60.0 Å². The molecule has 0 aromatic heterocycles. The molecule has 282 valence electrons. The highest BCUT2D eigenvalue weighted by atomic mass is 16.6. The lowest BCUT2D eigenvalue weighted by Gasteiger charge is -2.37. The maximum absolute atomic E-state index is 13.4. The molecule has 51 heavy (non-hydrogen) atoms. The Kier molecular flexibility index (Phi) is 15.0. The average molecular weight is 707 g/mol. The van der Waals surface area contributed by atoms with E-state index < -0.39 is 5.97 Å². The van der Waals surface area contributed by atoms with Crippen LogP contribution in [0.5, 0.6) is 11.5 Å². The van der Waals surface area contributed by atoms with E-state index in [2.05, 4.69) is 19.6 Å². The largest absolute Gasteiger partial charge is 0.466 e. The normalized spacial score (nSPS) is 29.7. The number of hydrogen-bond acceptors (Lipinski definition) is 8. The molecule has 0 heterocycles. The van der Waals surface area contributed by atoms with Gasteiger partial charge in [0.2, 0.25) is 0 Å². The summed E-state index contributed by atoms with van der Waals surface area (Å²) in [6, 6.07) is 4.62. The van der Waals surface area contributed by atoms with Crippen molar-refractivity contribution in [2.75, 3.05) is 13.2 Å². The van der Waals surface area contributed by atoms with Gasteiger partial charge < -0.3 is 18.9 Å². The van der Waals surface area contributed by atoms with Gasteiger partial charge in [-0.1, -0.05) is 32.3 Å². The van der Waals surface area contributed by atoms with Crippen LogP contribution in [-0.2, 0) is 23.9 Å². The van der Waals surface area contributed by atoms with Crippen molar-refractivity contribution in [1.29, 1.82) is 0 Å². The van der Waals surface area contributed by atoms with Gasteiger partial charge in [0.15, 0.2) is 0 Å². The Bertz CT molecular complexity index is 1300. The Morgan fingerprint density at radius 1 is 0.667 bits per heavy atom. The van der Waals surface area contributed by atoms with Crippen molar-refractivity contribution >= 4 is 23.9 Å². The molecule has 5 rings (SSSR count). The molecule has 4 aliphatic carbocycles. The Morgan fingerprint density at radius 2 is 1.16 bits per heavy atom. The van der Waals surface area contributed by atoms with Crippen LogP contribution >= 0.6 is 0 Å². The van der Waals surface area contributed by atoms with Crippen LogP contribution in [0, 0.1) is 47.3 Å². The lowest BCUT2D eigenvalue weighted by atomic mass is 9.69. The first-order valence-corrected chi connectivity index (χ1v) is 20.2. The molecule has 0 unspecified atom stereocenters. The summed E-state index contributed by atoms with van der Waals surface area (Å²) in [4.78, 5) is 51.1. The van der Waals surface area contributed by atoms with Crippen LogP contribution in [-0.4, -0.2) is 37.1 Å². The fraction of sp³-hybridized carbons (Fsp3) is 0.721. The highest BCUT2D eigenvalue weighted by molar-refractivity contribution is 5.94. The molecular weight excluding hydrogens is 644 g/mol. The molecule has 4 saturated carbocycles. The summed E-state index contributed by atoms with van der Waals surface area (Å²) >= 11 is 0. The fourth-order valence-corrected chi connectivity index (χ4v) is 9.45. The van der Waals surface area contributed by atoms with Crippen LogP contribution in [0.25, 0.3) is 0 Å². The van der Waals surface area contributed by atoms with Crippen LogP contribution in [0.2, 0.25) is 0 Å². The Hall–Kier alpha value is -3.16. The Morgan fingerprint density at radius 3 is 1.67 bits per heavy atom. The summed E-state index contributed by atoms with van der Waals surface area (Å²) in [5, 5.41) is 0. The van der Waals surface area contributed by atoms with Crippen molar-refractivity contribution in [1.82, 2.24) is 0 Å². The molecule has 0 atom stereocenters. The highest BCUT2D eigenvalue weighted by Gasteiger charge is 2.35. The van der Waals surface area contributed by atoms with Gasteiger partial charge in [-0.05, 0) is 156 Å². The van der Waals surface area contributed by atoms with Crippen molar-refractivity contribution < 1.29 is 38.1 Å². The SMILES string of the molecule is C=CC1CCC(C2CCC(C(=O)Oc3ccc(OC(=O)C4CCC(C5CCC(CC)CC5)CC4)c(C(=O)OCCCCOC(C)=O)c3)CC2)CC1. The number of benzene rings is 1. The van der Waals surface area contributed by atoms with Crippen LogP contribution in [0.4, 0.5) is 0 Å². The third-order valence-corrected chi connectivity index (χ3v) is 12.8. The quantitative estimate of drug-likeness (QED) is 0.0815. The predicted molar refractivity (Wildman–Crippen MR) is 196 cm³/mol. The standard InChI is InChI=1S/C43H62O8/c1-4-30-8-12-32(13-9-30)34-16-20-36(21-17-34)41(45)50-38-24-25-40(39(28-38)43(47)49-27-7-6-26-48-29(3)44)51-42(46)37-22-18-35(19-23-37)33-14-10-31(5-2)11-15-33/h4,24-25,28,30-37H,1,5-23,26-27H2,2-3H3. The van der Waals surface area contributed by atoms with Gasteiger partial charge in [-0.25, -0.2) is 4.79 Å². The second-order valence-corrected chi connectivity index (χ2v) is 16.0. The van der Waals surface area contributed by atoms with Gasteiger partial charge in [0, 0.05) is 6.92 Å². The summed E-state index contributed by atoms with van der Waals surface area (Å²) in [6.45, 7) is 7.98. The predicted octanol–water partition coefficient (Wildman–Crippen LogP) is 9.82. The zero-order valence-corrected chi connectivity index (χ0v) is 31.3. The van der Waals surface area contributed by atoms with Crippen molar-refractivity contribution in [3.05, 3.63) is 36.4 Å². The van der Waals surface area contributed by atoms with Crippen LogP contribution in [0.3, 0.4) is 0 Å². The molecule has 0 amide bonds. The molecule has 4 fully saturated rings. The van der Waals surface area contributed by atoms with E-state index in [1.165, 1.54) is 70.8 Å². The minimum atomic E-state index is -0.652. The smallest absolute Gasteiger partial charge is 0.342 e. The van der Waals surface area contributed by atoms with Crippen molar-refractivity contribution in [3.8, 4) is 11.5 Å². The lowest BCUT2D eigenvalue weighted by Crippen LogP contribution is -2.30. The number of hydrogen-bond donors (Lipinski definition) is 0. The van der Waals surface area contributed by atoms with Crippen LogP contribution in [0.15, 0.2) is 30.9 Å². The van der Waals surface area contributed by atoms with Crippen molar-refractivity contribution in [2.24, 2.45) is 47.3 Å². The number of allylic oxidation sites excluding steroid dienone is 1. The van der Waals surface area contributed by atoms with E-state index in [4.69, 9.17) is 18.9 Å². The first-order valence-electron chi connectivity index (χ1n) is 20.2. The molecular formula is C43H62O8. The fourth-order valence-electron chi connectivity index (χ4n) is 9.45. The second-order valence-electron chi connectivity index (χ2n) is 16.0. The molecule has 0 saturated heterocycles. The molecule has 8 heteroatoms. The van der Waals surface area contributed by atoms with E-state index in [0.717, 1.165) is 69.1 Å². The Labute approximate surface area is 305 Å². The van der Waals surface area contributed by atoms with Crippen LogP contribution < -0.4 is 9.47 Å². The van der Waals surface area contributed by atoms with E-state index in [0.29, 0.717) is 30.6 Å². The minimum Gasteiger partial charge on any atom is -0.466 e. The molecule has 0 spiro atoms. The molecule has 0 radical (unpaired) electrons. The minimum absolute atomic E-state index is 0.0637. The van der Waals surface area contributed by atoms with Crippen molar-refractivity contribution in [2.45, 2.75) is 136 Å². The molecule has 0 bridgehead atoms. The van der Waals surface area contributed by atoms with E-state index in [1.807, 2.05) is 0 Å². The second kappa shape index (κ2) is 19.6. The summed E-state index contributed by atoms with van der Waals surface area (Å²) in [6.07, 6.45) is 22.0. The number of esters is 4. The number of ether oxygens (including phenoxy) is 4.